The number of anilines is 1. The molecule has 3 nitrogen and oxygen atoms in total. The predicted octanol–water partition coefficient (Wildman–Crippen LogP) is 4.97. The van der Waals surface area contributed by atoms with E-state index in [-0.39, 0.29) is 0 Å². The van der Waals surface area contributed by atoms with Crippen LogP contribution in [0.1, 0.15) is 11.3 Å². The fourth-order valence-corrected chi connectivity index (χ4v) is 3.06. The molecule has 1 heterocycles. The Morgan fingerprint density at radius 2 is 1.95 bits per heavy atom. The number of nitrogens with one attached hydrogen (secondary N) is 1. The molecule has 0 bridgehead atoms. The van der Waals surface area contributed by atoms with Crippen molar-refractivity contribution in [3.63, 3.8) is 0 Å². The maximum absolute atomic E-state index is 9.48. The number of halogens is 2. The van der Waals surface area contributed by atoms with Gasteiger partial charge in [-0.3, -0.25) is 0 Å². The van der Waals surface area contributed by atoms with Gasteiger partial charge in [0.2, 0.25) is 0 Å². The van der Waals surface area contributed by atoms with E-state index in [2.05, 4.69) is 11.4 Å². The molecule has 0 saturated carbocycles. The lowest BCUT2D eigenvalue weighted by Crippen LogP contribution is -2.06. The van der Waals surface area contributed by atoms with Crippen LogP contribution in [0.15, 0.2) is 42.5 Å². The van der Waals surface area contributed by atoms with Crippen molar-refractivity contribution in [2.75, 3.05) is 5.32 Å². The number of aromatic nitrogens is 1. The first-order chi connectivity index (χ1) is 10.6. The lowest BCUT2D eigenvalue weighted by atomic mass is 10.1. The van der Waals surface area contributed by atoms with E-state index in [9.17, 15) is 5.26 Å². The van der Waals surface area contributed by atoms with Gasteiger partial charge < -0.3 is 9.88 Å². The van der Waals surface area contributed by atoms with E-state index >= 15 is 0 Å². The minimum atomic E-state index is 0.509. The molecule has 0 aliphatic heterocycles. The minimum absolute atomic E-state index is 0.509. The molecule has 1 N–H and O–H groups in total. The number of fused-ring (bicyclic) bond motifs is 1. The van der Waals surface area contributed by atoms with E-state index in [0.717, 1.165) is 22.3 Å². The number of hydrogen-bond donors (Lipinski definition) is 1. The summed E-state index contributed by atoms with van der Waals surface area (Å²) >= 11 is 12.1. The van der Waals surface area contributed by atoms with Crippen LogP contribution in [-0.2, 0) is 13.6 Å². The van der Waals surface area contributed by atoms with Gasteiger partial charge in [0.1, 0.15) is 6.07 Å². The molecule has 2 aromatic carbocycles. The number of para-hydroxylation sites is 1. The van der Waals surface area contributed by atoms with E-state index in [4.69, 9.17) is 23.2 Å². The van der Waals surface area contributed by atoms with Gasteiger partial charge in [0.25, 0.3) is 0 Å². The summed E-state index contributed by atoms with van der Waals surface area (Å²) in [5, 5.41) is 14.9. The molecule has 110 valence electrons. The van der Waals surface area contributed by atoms with Crippen LogP contribution in [0, 0.1) is 11.3 Å². The average Bonchev–Trinajstić information content (AvgIpc) is 2.79. The molecular formula is C17H13Cl2N3. The van der Waals surface area contributed by atoms with Crippen LogP contribution in [0.4, 0.5) is 5.69 Å². The monoisotopic (exact) mass is 329 g/mol. The summed E-state index contributed by atoms with van der Waals surface area (Å²) in [4.78, 5) is 0. The zero-order valence-corrected chi connectivity index (χ0v) is 13.4. The van der Waals surface area contributed by atoms with Crippen LogP contribution in [-0.4, -0.2) is 4.57 Å². The van der Waals surface area contributed by atoms with E-state index in [1.54, 1.807) is 12.1 Å². The quantitative estimate of drug-likeness (QED) is 0.737. The summed E-state index contributed by atoms with van der Waals surface area (Å²) < 4.78 is 2.03. The van der Waals surface area contributed by atoms with Gasteiger partial charge in [0.15, 0.2) is 0 Å². The second-order valence-electron chi connectivity index (χ2n) is 4.99. The van der Waals surface area contributed by atoms with Crippen molar-refractivity contribution in [2.24, 2.45) is 7.05 Å². The standard InChI is InChI=1S/C17H13Cl2N3/c1-22-16-5-3-2-4-12(16)13(9-20)17(22)10-21-15-7-6-11(18)8-14(15)19/h2-8,21H,10H2,1H3. The topological polar surface area (TPSA) is 40.8 Å². The highest BCUT2D eigenvalue weighted by Crippen LogP contribution is 2.28. The molecule has 5 heteroatoms. The second kappa shape index (κ2) is 5.92. The van der Waals surface area contributed by atoms with E-state index < -0.39 is 0 Å². The lowest BCUT2D eigenvalue weighted by molar-refractivity contribution is 0.867. The Morgan fingerprint density at radius 3 is 2.68 bits per heavy atom. The zero-order chi connectivity index (χ0) is 15.7. The van der Waals surface area contributed by atoms with Crippen molar-refractivity contribution in [1.82, 2.24) is 4.57 Å². The van der Waals surface area contributed by atoms with Crippen molar-refractivity contribution in [2.45, 2.75) is 6.54 Å². The molecule has 1 aromatic heterocycles. The summed E-state index contributed by atoms with van der Waals surface area (Å²) in [6.07, 6.45) is 0. The van der Waals surface area contributed by atoms with Crippen LogP contribution in [0.25, 0.3) is 10.9 Å². The molecule has 0 atom stereocenters. The first kappa shape index (κ1) is 14.8. The van der Waals surface area contributed by atoms with Gasteiger partial charge in [0, 0.05) is 23.0 Å². The molecule has 0 radical (unpaired) electrons. The van der Waals surface area contributed by atoms with Crippen LogP contribution < -0.4 is 5.32 Å². The summed E-state index contributed by atoms with van der Waals surface area (Å²) in [7, 11) is 1.96. The minimum Gasteiger partial charge on any atom is -0.378 e. The Hall–Kier alpha value is -2.15. The summed E-state index contributed by atoms with van der Waals surface area (Å²) in [5.74, 6) is 0. The normalized spacial score (nSPS) is 10.6. The third-order valence-corrected chi connectivity index (χ3v) is 4.27. The fraction of sp³-hybridized carbons (Fsp3) is 0.118. The number of nitriles is 1. The molecular weight excluding hydrogens is 317 g/mol. The Balaban J connectivity index is 1.97. The van der Waals surface area contributed by atoms with Crippen molar-refractivity contribution >= 4 is 39.8 Å². The maximum atomic E-state index is 9.48. The Bertz CT molecular complexity index is 891. The molecule has 0 aliphatic carbocycles. The average molecular weight is 330 g/mol. The van der Waals surface area contributed by atoms with Crippen LogP contribution >= 0.6 is 23.2 Å². The number of rotatable bonds is 3. The first-order valence-corrected chi connectivity index (χ1v) is 7.52. The molecule has 0 saturated heterocycles. The highest BCUT2D eigenvalue weighted by atomic mass is 35.5. The van der Waals surface area contributed by atoms with Gasteiger partial charge in [-0.2, -0.15) is 5.26 Å². The summed E-state index contributed by atoms with van der Waals surface area (Å²) in [6, 6.07) is 15.5. The van der Waals surface area contributed by atoms with Gasteiger partial charge in [-0.05, 0) is 24.3 Å². The van der Waals surface area contributed by atoms with Crippen LogP contribution in [0.2, 0.25) is 10.0 Å². The van der Waals surface area contributed by atoms with Crippen LogP contribution in [0.3, 0.4) is 0 Å². The van der Waals surface area contributed by atoms with Gasteiger partial charge >= 0.3 is 0 Å². The van der Waals surface area contributed by atoms with Crippen molar-refractivity contribution in [3.8, 4) is 6.07 Å². The first-order valence-electron chi connectivity index (χ1n) is 6.77. The highest BCUT2D eigenvalue weighted by Gasteiger charge is 2.14. The zero-order valence-electron chi connectivity index (χ0n) is 11.9. The number of nitrogens with zero attached hydrogens (tertiary/aromatic N) is 2. The highest BCUT2D eigenvalue weighted by molar-refractivity contribution is 6.36. The third kappa shape index (κ3) is 2.52. The van der Waals surface area contributed by atoms with E-state index in [1.807, 2.05) is 41.9 Å². The molecule has 0 spiro atoms. The smallest absolute Gasteiger partial charge is 0.102 e. The van der Waals surface area contributed by atoms with Crippen molar-refractivity contribution in [3.05, 3.63) is 63.8 Å². The number of aryl methyl sites for hydroxylation is 1. The van der Waals surface area contributed by atoms with Gasteiger partial charge in [-0.1, -0.05) is 41.4 Å². The van der Waals surface area contributed by atoms with E-state index in [0.29, 0.717) is 22.2 Å². The van der Waals surface area contributed by atoms with Crippen LogP contribution in [0.5, 0.6) is 0 Å². The molecule has 0 unspecified atom stereocenters. The largest absolute Gasteiger partial charge is 0.378 e. The Kier molecular flexibility index (Phi) is 3.98. The molecule has 0 fully saturated rings. The van der Waals surface area contributed by atoms with E-state index in [1.165, 1.54) is 0 Å². The van der Waals surface area contributed by atoms with Gasteiger partial charge in [0.05, 0.1) is 28.5 Å². The molecule has 3 aromatic rings. The van der Waals surface area contributed by atoms with Crippen molar-refractivity contribution in [1.29, 1.82) is 5.26 Å². The molecule has 0 aliphatic rings. The Labute approximate surface area is 138 Å². The fourth-order valence-electron chi connectivity index (χ4n) is 2.59. The summed E-state index contributed by atoms with van der Waals surface area (Å²) in [5.41, 5.74) is 3.45. The molecule has 22 heavy (non-hydrogen) atoms. The number of benzene rings is 2. The maximum Gasteiger partial charge on any atom is 0.102 e. The molecule has 3 rings (SSSR count). The lowest BCUT2D eigenvalue weighted by Gasteiger charge is -2.10. The predicted molar refractivity (Wildman–Crippen MR) is 91.4 cm³/mol. The second-order valence-corrected chi connectivity index (χ2v) is 5.83. The Morgan fingerprint density at radius 1 is 1.18 bits per heavy atom. The third-order valence-electron chi connectivity index (χ3n) is 3.72. The molecule has 0 amide bonds. The van der Waals surface area contributed by atoms with Gasteiger partial charge in [-0.25, -0.2) is 0 Å². The van der Waals surface area contributed by atoms with Gasteiger partial charge in [-0.15, -0.1) is 0 Å². The SMILES string of the molecule is Cn1c(CNc2ccc(Cl)cc2Cl)c(C#N)c2ccccc21. The van der Waals surface area contributed by atoms with Crippen molar-refractivity contribution < 1.29 is 0 Å². The summed E-state index contributed by atoms with van der Waals surface area (Å²) in [6.45, 7) is 0.509. The number of hydrogen-bond acceptors (Lipinski definition) is 2.